The zero-order chi connectivity index (χ0) is 11.4. The summed E-state index contributed by atoms with van der Waals surface area (Å²) in [5.41, 5.74) is 0.515. The van der Waals surface area contributed by atoms with Crippen LogP contribution in [0, 0.1) is 0 Å². The fourth-order valence-electron chi connectivity index (χ4n) is 1.19. The van der Waals surface area contributed by atoms with Gasteiger partial charge < -0.3 is 14.9 Å². The fourth-order valence-corrected chi connectivity index (χ4v) is 1.63. The van der Waals surface area contributed by atoms with Crippen LogP contribution in [0.15, 0.2) is 18.2 Å². The van der Waals surface area contributed by atoms with Gasteiger partial charge in [-0.15, -0.1) is 0 Å². The summed E-state index contributed by atoms with van der Waals surface area (Å²) >= 11 is 9.73. The predicted molar refractivity (Wildman–Crippen MR) is 62.8 cm³/mol. The van der Waals surface area contributed by atoms with Gasteiger partial charge in [0.2, 0.25) is 0 Å². The molecule has 2 atom stereocenters. The Morgan fingerprint density at radius 3 is 2.60 bits per heavy atom. The summed E-state index contributed by atoms with van der Waals surface area (Å²) in [6.07, 6.45) is -1.92. The Morgan fingerprint density at radius 1 is 1.40 bits per heavy atom. The number of rotatable bonds is 4. The first kappa shape index (κ1) is 12.6. The van der Waals surface area contributed by atoms with Crippen molar-refractivity contribution in [2.45, 2.75) is 12.2 Å². The number of aliphatic hydroxyl groups is 2. The zero-order valence-electron chi connectivity index (χ0n) is 8.22. The first-order chi connectivity index (χ1) is 7.08. The van der Waals surface area contributed by atoms with Gasteiger partial charge >= 0.3 is 0 Å². The van der Waals surface area contributed by atoms with Crippen molar-refractivity contribution < 1.29 is 14.9 Å². The van der Waals surface area contributed by atoms with Gasteiger partial charge in [-0.1, -0.05) is 11.6 Å². The van der Waals surface area contributed by atoms with Crippen molar-refractivity contribution in [3.8, 4) is 5.75 Å². The number of thiol groups is 1. The predicted octanol–water partition coefficient (Wildman–Crippen LogP) is 1.67. The molecule has 0 aliphatic carbocycles. The van der Waals surface area contributed by atoms with E-state index in [0.717, 1.165) is 0 Å². The number of methoxy groups -OCH3 is 1. The Balaban J connectivity index is 2.97. The normalized spacial score (nSPS) is 14.7. The monoisotopic (exact) mass is 248 g/mol. The van der Waals surface area contributed by atoms with Crippen LogP contribution in [-0.2, 0) is 0 Å². The molecule has 0 bridgehead atoms. The Morgan fingerprint density at radius 2 is 2.07 bits per heavy atom. The van der Waals surface area contributed by atoms with E-state index < -0.39 is 12.2 Å². The summed E-state index contributed by atoms with van der Waals surface area (Å²) in [7, 11) is 1.51. The van der Waals surface area contributed by atoms with Gasteiger partial charge in [-0.25, -0.2) is 0 Å². The minimum absolute atomic E-state index is 0.177. The van der Waals surface area contributed by atoms with E-state index in [4.69, 9.17) is 16.3 Å². The van der Waals surface area contributed by atoms with Crippen molar-refractivity contribution in [3.05, 3.63) is 28.8 Å². The van der Waals surface area contributed by atoms with Gasteiger partial charge in [0.1, 0.15) is 11.9 Å². The maximum Gasteiger partial charge on any atom is 0.120 e. The molecular weight excluding hydrogens is 236 g/mol. The summed E-state index contributed by atoms with van der Waals surface area (Å²) in [6.45, 7) is 0. The SMILES string of the molecule is COc1cc(Cl)cc(C(O)C(O)CS)c1. The molecule has 0 heterocycles. The topological polar surface area (TPSA) is 49.7 Å². The van der Waals surface area contributed by atoms with Crippen LogP contribution in [0.1, 0.15) is 11.7 Å². The molecule has 3 nitrogen and oxygen atoms in total. The molecule has 1 aromatic rings. The van der Waals surface area contributed by atoms with E-state index in [9.17, 15) is 10.2 Å². The fraction of sp³-hybridized carbons (Fsp3) is 0.400. The van der Waals surface area contributed by atoms with E-state index in [2.05, 4.69) is 12.6 Å². The number of halogens is 1. The van der Waals surface area contributed by atoms with E-state index in [1.807, 2.05) is 0 Å². The van der Waals surface area contributed by atoms with E-state index >= 15 is 0 Å². The molecule has 0 aromatic heterocycles. The minimum Gasteiger partial charge on any atom is -0.497 e. The third kappa shape index (κ3) is 3.28. The maximum absolute atomic E-state index is 9.72. The molecule has 0 aliphatic heterocycles. The number of hydrogen-bond acceptors (Lipinski definition) is 4. The number of hydrogen-bond donors (Lipinski definition) is 3. The van der Waals surface area contributed by atoms with Crippen LogP contribution >= 0.6 is 24.2 Å². The van der Waals surface area contributed by atoms with Crippen molar-refractivity contribution in [3.63, 3.8) is 0 Å². The van der Waals surface area contributed by atoms with E-state index in [0.29, 0.717) is 16.3 Å². The Labute approximate surface area is 99.1 Å². The van der Waals surface area contributed by atoms with Crippen molar-refractivity contribution in [2.24, 2.45) is 0 Å². The lowest BCUT2D eigenvalue weighted by Crippen LogP contribution is -2.19. The molecule has 84 valence electrons. The average molecular weight is 249 g/mol. The summed E-state index contributed by atoms with van der Waals surface area (Å²) < 4.78 is 5.00. The molecule has 2 N–H and O–H groups in total. The molecule has 0 saturated carbocycles. The quantitative estimate of drug-likeness (QED) is 0.711. The molecule has 1 rings (SSSR count). The molecule has 5 heteroatoms. The van der Waals surface area contributed by atoms with Gasteiger partial charge in [0.25, 0.3) is 0 Å². The third-order valence-electron chi connectivity index (χ3n) is 2.02. The molecule has 0 fully saturated rings. The molecule has 0 amide bonds. The van der Waals surface area contributed by atoms with Crippen LogP contribution in [-0.4, -0.2) is 29.2 Å². The van der Waals surface area contributed by atoms with Crippen LogP contribution in [0.25, 0.3) is 0 Å². The Bertz CT molecular complexity index is 332. The smallest absolute Gasteiger partial charge is 0.120 e. The van der Waals surface area contributed by atoms with Crippen LogP contribution in [0.3, 0.4) is 0 Å². The van der Waals surface area contributed by atoms with Gasteiger partial charge in [0.15, 0.2) is 0 Å². The molecule has 0 spiro atoms. The molecule has 0 radical (unpaired) electrons. The summed E-state index contributed by atoms with van der Waals surface area (Å²) in [5, 5.41) is 19.6. The van der Waals surface area contributed by atoms with E-state index in [1.165, 1.54) is 7.11 Å². The van der Waals surface area contributed by atoms with Crippen LogP contribution < -0.4 is 4.74 Å². The minimum atomic E-state index is -1.00. The van der Waals surface area contributed by atoms with Crippen molar-refractivity contribution in [1.82, 2.24) is 0 Å². The molecule has 15 heavy (non-hydrogen) atoms. The highest BCUT2D eigenvalue weighted by Crippen LogP contribution is 2.26. The lowest BCUT2D eigenvalue weighted by Gasteiger charge is -2.17. The molecule has 0 saturated heterocycles. The largest absolute Gasteiger partial charge is 0.497 e. The van der Waals surface area contributed by atoms with Gasteiger partial charge in [-0.3, -0.25) is 0 Å². The van der Waals surface area contributed by atoms with Crippen molar-refractivity contribution in [1.29, 1.82) is 0 Å². The third-order valence-corrected chi connectivity index (χ3v) is 2.61. The Kier molecular flexibility index (Phi) is 4.73. The molecular formula is C10H13ClO3S. The Hall–Kier alpha value is -0.420. The standard InChI is InChI=1S/C10H13ClO3S/c1-14-8-3-6(2-7(11)4-8)10(13)9(12)5-15/h2-4,9-10,12-13,15H,5H2,1H3. The zero-order valence-corrected chi connectivity index (χ0v) is 9.87. The highest BCUT2D eigenvalue weighted by atomic mass is 35.5. The second-order valence-corrected chi connectivity index (χ2v) is 3.92. The summed E-state index contributed by atoms with van der Waals surface area (Å²) in [6, 6.07) is 4.84. The first-order valence-electron chi connectivity index (χ1n) is 4.40. The number of aliphatic hydroxyl groups excluding tert-OH is 2. The van der Waals surface area contributed by atoms with Gasteiger partial charge in [0.05, 0.1) is 13.2 Å². The number of ether oxygens (including phenoxy) is 1. The van der Waals surface area contributed by atoms with Crippen molar-refractivity contribution >= 4 is 24.2 Å². The van der Waals surface area contributed by atoms with Crippen LogP contribution in [0.4, 0.5) is 0 Å². The van der Waals surface area contributed by atoms with Gasteiger partial charge in [-0.05, 0) is 23.8 Å². The van der Waals surface area contributed by atoms with E-state index in [-0.39, 0.29) is 5.75 Å². The summed E-state index contributed by atoms with van der Waals surface area (Å²) in [4.78, 5) is 0. The van der Waals surface area contributed by atoms with Gasteiger partial charge in [0, 0.05) is 10.8 Å². The number of benzene rings is 1. The highest BCUT2D eigenvalue weighted by molar-refractivity contribution is 7.80. The second kappa shape index (κ2) is 5.61. The highest BCUT2D eigenvalue weighted by Gasteiger charge is 2.17. The molecule has 0 aliphatic rings. The molecule has 1 aromatic carbocycles. The first-order valence-corrected chi connectivity index (χ1v) is 5.41. The second-order valence-electron chi connectivity index (χ2n) is 3.12. The lowest BCUT2D eigenvalue weighted by molar-refractivity contribution is 0.0336. The van der Waals surface area contributed by atoms with Gasteiger partial charge in [-0.2, -0.15) is 12.6 Å². The average Bonchev–Trinajstić information content (AvgIpc) is 2.26. The van der Waals surface area contributed by atoms with Crippen LogP contribution in [0.5, 0.6) is 5.75 Å². The van der Waals surface area contributed by atoms with E-state index in [1.54, 1.807) is 18.2 Å². The molecule has 2 unspecified atom stereocenters. The summed E-state index contributed by atoms with van der Waals surface area (Å²) in [5.74, 6) is 0.721. The van der Waals surface area contributed by atoms with Crippen molar-refractivity contribution in [2.75, 3.05) is 12.9 Å². The lowest BCUT2D eigenvalue weighted by atomic mass is 10.1. The maximum atomic E-state index is 9.72. The van der Waals surface area contributed by atoms with Crippen LogP contribution in [0.2, 0.25) is 5.02 Å².